The lowest BCUT2D eigenvalue weighted by atomic mass is 10.3. The molecule has 0 aromatic heterocycles. The Bertz CT molecular complexity index is 68.9. The first kappa shape index (κ1) is 12.3. The highest BCUT2D eigenvalue weighted by atomic mass is 32.1. The van der Waals surface area contributed by atoms with E-state index in [-0.39, 0.29) is 0 Å². The van der Waals surface area contributed by atoms with Gasteiger partial charge >= 0.3 is 0 Å². The molecule has 0 fully saturated rings. The molecule has 0 aliphatic carbocycles. The van der Waals surface area contributed by atoms with Crippen LogP contribution in [-0.4, -0.2) is 32.7 Å². The number of ether oxygens (including phenoxy) is 2. The molecule has 3 heteroatoms. The SMILES string of the molecule is COCCCCOCCCCS. The van der Waals surface area contributed by atoms with E-state index >= 15 is 0 Å². The van der Waals surface area contributed by atoms with Crippen molar-refractivity contribution >= 4 is 12.6 Å². The van der Waals surface area contributed by atoms with Gasteiger partial charge in [-0.25, -0.2) is 0 Å². The molecule has 0 bridgehead atoms. The summed E-state index contributed by atoms with van der Waals surface area (Å²) in [5.41, 5.74) is 0. The Kier molecular flexibility index (Phi) is 11.5. The van der Waals surface area contributed by atoms with Crippen molar-refractivity contribution in [3.05, 3.63) is 0 Å². The van der Waals surface area contributed by atoms with Crippen LogP contribution in [-0.2, 0) is 9.47 Å². The van der Waals surface area contributed by atoms with Crippen LogP contribution in [0.15, 0.2) is 0 Å². The molecular weight excluding hydrogens is 172 g/mol. The van der Waals surface area contributed by atoms with Crippen molar-refractivity contribution in [2.75, 3.05) is 32.7 Å². The smallest absolute Gasteiger partial charge is 0.0466 e. The molecule has 0 amide bonds. The zero-order chi connectivity index (χ0) is 9.07. The third kappa shape index (κ3) is 10.3. The van der Waals surface area contributed by atoms with Gasteiger partial charge in [-0.2, -0.15) is 12.6 Å². The maximum absolute atomic E-state index is 5.39. The molecule has 0 spiro atoms. The van der Waals surface area contributed by atoms with Gasteiger partial charge in [0.25, 0.3) is 0 Å². The average molecular weight is 192 g/mol. The van der Waals surface area contributed by atoms with E-state index in [0.717, 1.165) is 51.3 Å². The minimum atomic E-state index is 0.847. The van der Waals surface area contributed by atoms with E-state index in [4.69, 9.17) is 9.47 Å². The molecule has 0 aromatic rings. The number of unbranched alkanes of at least 4 members (excludes halogenated alkanes) is 2. The maximum atomic E-state index is 5.39. The summed E-state index contributed by atoms with van der Waals surface area (Å²) in [6.07, 6.45) is 4.49. The van der Waals surface area contributed by atoms with Gasteiger partial charge in [-0.3, -0.25) is 0 Å². The summed E-state index contributed by atoms with van der Waals surface area (Å²) in [5, 5.41) is 0. The summed E-state index contributed by atoms with van der Waals surface area (Å²) in [6, 6.07) is 0. The van der Waals surface area contributed by atoms with Crippen LogP contribution in [0.1, 0.15) is 25.7 Å². The van der Waals surface area contributed by atoms with Crippen LogP contribution >= 0.6 is 12.6 Å². The molecule has 0 atom stereocenters. The summed E-state index contributed by atoms with van der Waals surface area (Å²) in [4.78, 5) is 0. The van der Waals surface area contributed by atoms with Gasteiger partial charge in [0, 0.05) is 26.9 Å². The van der Waals surface area contributed by atoms with Gasteiger partial charge in [-0.1, -0.05) is 0 Å². The second-order valence-electron chi connectivity index (χ2n) is 2.74. The lowest BCUT2D eigenvalue weighted by molar-refractivity contribution is 0.117. The lowest BCUT2D eigenvalue weighted by Gasteiger charge is -2.02. The third-order valence-electron chi connectivity index (χ3n) is 1.58. The molecule has 0 N–H and O–H groups in total. The number of hydrogen-bond acceptors (Lipinski definition) is 3. The summed E-state index contributed by atoms with van der Waals surface area (Å²) in [5.74, 6) is 0.965. The van der Waals surface area contributed by atoms with E-state index < -0.39 is 0 Å². The highest BCUT2D eigenvalue weighted by Crippen LogP contribution is 1.95. The second kappa shape index (κ2) is 11.3. The number of methoxy groups -OCH3 is 1. The second-order valence-corrected chi connectivity index (χ2v) is 3.19. The van der Waals surface area contributed by atoms with E-state index in [9.17, 15) is 0 Å². The zero-order valence-electron chi connectivity index (χ0n) is 7.92. The topological polar surface area (TPSA) is 18.5 Å². The average Bonchev–Trinajstić information content (AvgIpc) is 2.10. The van der Waals surface area contributed by atoms with Crippen LogP contribution in [0.2, 0.25) is 0 Å². The fraction of sp³-hybridized carbons (Fsp3) is 1.00. The first-order chi connectivity index (χ1) is 5.91. The Hall–Kier alpha value is 0.270. The quantitative estimate of drug-likeness (QED) is 0.446. The van der Waals surface area contributed by atoms with Gasteiger partial charge in [-0.05, 0) is 31.4 Å². The minimum absolute atomic E-state index is 0.847. The Balaban J connectivity index is 2.73. The third-order valence-corrected chi connectivity index (χ3v) is 1.90. The molecule has 12 heavy (non-hydrogen) atoms. The fourth-order valence-electron chi connectivity index (χ4n) is 0.869. The van der Waals surface area contributed by atoms with Gasteiger partial charge < -0.3 is 9.47 Å². The van der Waals surface area contributed by atoms with Crippen LogP contribution in [0.5, 0.6) is 0 Å². The van der Waals surface area contributed by atoms with Crippen molar-refractivity contribution in [3.8, 4) is 0 Å². The monoisotopic (exact) mass is 192 g/mol. The van der Waals surface area contributed by atoms with Crippen LogP contribution < -0.4 is 0 Å². The molecule has 0 aliphatic heterocycles. The number of hydrogen-bond donors (Lipinski definition) is 1. The van der Waals surface area contributed by atoms with Crippen molar-refractivity contribution in [2.24, 2.45) is 0 Å². The molecule has 0 heterocycles. The zero-order valence-corrected chi connectivity index (χ0v) is 8.81. The minimum Gasteiger partial charge on any atom is -0.385 e. The van der Waals surface area contributed by atoms with Gasteiger partial charge in [0.1, 0.15) is 0 Å². The lowest BCUT2D eigenvalue weighted by Crippen LogP contribution is -1.99. The van der Waals surface area contributed by atoms with E-state index in [0.29, 0.717) is 0 Å². The number of thiol groups is 1. The molecule has 74 valence electrons. The van der Waals surface area contributed by atoms with Crippen LogP contribution in [0, 0.1) is 0 Å². The molecule has 0 saturated heterocycles. The molecule has 0 radical (unpaired) electrons. The first-order valence-corrected chi connectivity index (χ1v) is 5.22. The Labute approximate surface area is 81.0 Å². The summed E-state index contributed by atoms with van der Waals surface area (Å²) >= 11 is 4.12. The molecule has 0 saturated carbocycles. The number of rotatable bonds is 9. The Morgan fingerprint density at radius 2 is 1.50 bits per heavy atom. The maximum Gasteiger partial charge on any atom is 0.0466 e. The molecular formula is C9H20O2S. The van der Waals surface area contributed by atoms with Gasteiger partial charge in [0.2, 0.25) is 0 Å². The van der Waals surface area contributed by atoms with Crippen molar-refractivity contribution in [1.29, 1.82) is 0 Å². The van der Waals surface area contributed by atoms with E-state index in [2.05, 4.69) is 12.6 Å². The Morgan fingerprint density at radius 1 is 0.917 bits per heavy atom. The van der Waals surface area contributed by atoms with Gasteiger partial charge in [0.15, 0.2) is 0 Å². The van der Waals surface area contributed by atoms with Crippen LogP contribution in [0.3, 0.4) is 0 Å². The predicted octanol–water partition coefficient (Wildman–Crippen LogP) is 2.14. The Morgan fingerprint density at radius 3 is 2.08 bits per heavy atom. The van der Waals surface area contributed by atoms with E-state index in [1.165, 1.54) is 0 Å². The van der Waals surface area contributed by atoms with Crippen molar-refractivity contribution in [2.45, 2.75) is 25.7 Å². The summed E-state index contributed by atoms with van der Waals surface area (Å²) in [6.45, 7) is 2.60. The highest BCUT2D eigenvalue weighted by molar-refractivity contribution is 7.80. The van der Waals surface area contributed by atoms with Crippen molar-refractivity contribution < 1.29 is 9.47 Å². The fourth-order valence-corrected chi connectivity index (χ4v) is 1.09. The summed E-state index contributed by atoms with van der Waals surface area (Å²) < 4.78 is 10.3. The van der Waals surface area contributed by atoms with Crippen molar-refractivity contribution in [3.63, 3.8) is 0 Å². The molecule has 0 unspecified atom stereocenters. The highest BCUT2D eigenvalue weighted by Gasteiger charge is 1.89. The normalized spacial score (nSPS) is 10.5. The molecule has 0 aliphatic rings. The summed E-state index contributed by atoms with van der Waals surface area (Å²) in [7, 11) is 1.73. The van der Waals surface area contributed by atoms with Crippen molar-refractivity contribution in [1.82, 2.24) is 0 Å². The molecule has 2 nitrogen and oxygen atoms in total. The standard InChI is InChI=1S/C9H20O2S/c1-10-6-2-3-7-11-8-4-5-9-12/h12H,2-9H2,1H3. The van der Waals surface area contributed by atoms with Gasteiger partial charge in [0.05, 0.1) is 0 Å². The largest absolute Gasteiger partial charge is 0.385 e. The van der Waals surface area contributed by atoms with Gasteiger partial charge in [-0.15, -0.1) is 0 Å². The molecule has 0 aromatic carbocycles. The van der Waals surface area contributed by atoms with Crippen LogP contribution in [0.25, 0.3) is 0 Å². The first-order valence-electron chi connectivity index (χ1n) is 4.59. The molecule has 0 rings (SSSR count). The van der Waals surface area contributed by atoms with Crippen LogP contribution in [0.4, 0.5) is 0 Å². The van der Waals surface area contributed by atoms with E-state index in [1.54, 1.807) is 7.11 Å². The van der Waals surface area contributed by atoms with E-state index in [1.807, 2.05) is 0 Å². The predicted molar refractivity (Wildman–Crippen MR) is 55.0 cm³/mol.